The van der Waals surface area contributed by atoms with Gasteiger partial charge in [0, 0.05) is 35.3 Å². The molecule has 92 valence electrons. The molecule has 0 bridgehead atoms. The Morgan fingerprint density at radius 1 is 1.00 bits per heavy atom. The normalized spacial score (nSPS) is 16.7. The van der Waals surface area contributed by atoms with Crippen LogP contribution in [0.3, 0.4) is 0 Å². The lowest BCUT2D eigenvalue weighted by Gasteiger charge is -2.18. The van der Waals surface area contributed by atoms with Gasteiger partial charge in [0.2, 0.25) is 5.91 Å². The Labute approximate surface area is 101 Å². The number of Topliss-reactive ketones (excluding diaryl/α,β-unsaturated/α-hetero) is 2. The first-order chi connectivity index (χ1) is 7.90. The molecule has 0 saturated heterocycles. The lowest BCUT2D eigenvalue weighted by atomic mass is 9.86. The van der Waals surface area contributed by atoms with E-state index in [0.717, 1.165) is 0 Å². The number of amides is 1. The van der Waals surface area contributed by atoms with Gasteiger partial charge in [0.1, 0.15) is 0 Å². The summed E-state index contributed by atoms with van der Waals surface area (Å²) in [6.45, 7) is 6.79. The zero-order chi connectivity index (χ0) is 13.2. The van der Waals surface area contributed by atoms with E-state index in [2.05, 4.69) is 5.32 Å². The van der Waals surface area contributed by atoms with Crippen molar-refractivity contribution in [1.82, 2.24) is 5.32 Å². The van der Waals surface area contributed by atoms with E-state index in [1.165, 1.54) is 0 Å². The van der Waals surface area contributed by atoms with E-state index >= 15 is 0 Å². The summed E-state index contributed by atoms with van der Waals surface area (Å²) < 4.78 is 0. The highest BCUT2D eigenvalue weighted by molar-refractivity contribution is 6.24. The molecular weight excluding hydrogens is 218 g/mol. The molecule has 1 amide bonds. The minimum absolute atomic E-state index is 0.108. The molecule has 0 aromatic heterocycles. The van der Waals surface area contributed by atoms with Gasteiger partial charge in [-0.3, -0.25) is 14.4 Å². The summed E-state index contributed by atoms with van der Waals surface area (Å²) in [7, 11) is 0. The molecule has 0 spiro atoms. The molecule has 0 saturated carbocycles. The Morgan fingerprint density at radius 2 is 1.53 bits per heavy atom. The van der Waals surface area contributed by atoms with Crippen molar-refractivity contribution >= 4 is 17.5 Å². The minimum atomic E-state index is -0.143. The highest BCUT2D eigenvalue weighted by Crippen LogP contribution is 2.23. The van der Waals surface area contributed by atoms with Gasteiger partial charge >= 0.3 is 0 Å². The van der Waals surface area contributed by atoms with Gasteiger partial charge < -0.3 is 5.32 Å². The molecule has 0 radical (unpaired) electrons. The largest absolute Gasteiger partial charge is 0.352 e. The number of hydrogen-bond acceptors (Lipinski definition) is 3. The fraction of sp³-hybridized carbons (Fsp3) is 0.462. The van der Waals surface area contributed by atoms with Crippen LogP contribution in [0.5, 0.6) is 0 Å². The van der Waals surface area contributed by atoms with E-state index in [1.54, 1.807) is 27.7 Å². The quantitative estimate of drug-likeness (QED) is 0.750. The van der Waals surface area contributed by atoms with Crippen LogP contribution in [0, 0.1) is 0 Å². The monoisotopic (exact) mass is 235 g/mol. The molecule has 17 heavy (non-hydrogen) atoms. The predicted molar refractivity (Wildman–Crippen MR) is 64.4 cm³/mol. The highest BCUT2D eigenvalue weighted by atomic mass is 16.2. The van der Waals surface area contributed by atoms with Gasteiger partial charge in [-0.1, -0.05) is 6.92 Å². The number of hydrogen-bond donors (Lipinski definition) is 1. The van der Waals surface area contributed by atoms with Crippen LogP contribution in [-0.2, 0) is 14.4 Å². The summed E-state index contributed by atoms with van der Waals surface area (Å²) in [6.07, 6.45) is 0.363. The molecule has 0 fully saturated rings. The Bertz CT molecular complexity index is 455. The van der Waals surface area contributed by atoms with Crippen LogP contribution < -0.4 is 5.32 Å². The Balaban J connectivity index is 2.95. The van der Waals surface area contributed by atoms with Crippen molar-refractivity contribution in [2.24, 2.45) is 0 Å². The maximum absolute atomic E-state index is 12.0. The van der Waals surface area contributed by atoms with Crippen molar-refractivity contribution < 1.29 is 14.4 Å². The van der Waals surface area contributed by atoms with Crippen molar-refractivity contribution in [3.05, 3.63) is 22.3 Å². The van der Waals surface area contributed by atoms with E-state index in [0.29, 0.717) is 28.7 Å². The Morgan fingerprint density at radius 3 is 2.06 bits per heavy atom. The molecule has 0 aromatic carbocycles. The van der Waals surface area contributed by atoms with Gasteiger partial charge in [0.15, 0.2) is 11.6 Å². The number of ketones is 2. The molecule has 4 heteroatoms. The zero-order valence-corrected chi connectivity index (χ0v) is 10.6. The summed E-state index contributed by atoms with van der Waals surface area (Å²) >= 11 is 0. The maximum atomic E-state index is 12.0. The van der Waals surface area contributed by atoms with Crippen molar-refractivity contribution in [1.29, 1.82) is 0 Å². The van der Waals surface area contributed by atoms with Crippen LogP contribution in [0.25, 0.3) is 0 Å². The maximum Gasteiger partial charge on any atom is 0.219 e. The Hall–Kier alpha value is -1.71. The second-order valence-corrected chi connectivity index (χ2v) is 4.14. The molecule has 4 nitrogen and oxygen atoms in total. The molecule has 0 unspecified atom stereocenters. The van der Waals surface area contributed by atoms with E-state index < -0.39 is 0 Å². The summed E-state index contributed by atoms with van der Waals surface area (Å²) in [6, 6.07) is 0. The van der Waals surface area contributed by atoms with Crippen LogP contribution in [0.4, 0.5) is 0 Å². The smallest absolute Gasteiger partial charge is 0.219 e. The van der Waals surface area contributed by atoms with Gasteiger partial charge in [-0.25, -0.2) is 0 Å². The summed E-state index contributed by atoms with van der Waals surface area (Å²) in [5, 5.41) is 2.63. The van der Waals surface area contributed by atoms with E-state index in [1.807, 2.05) is 0 Å². The lowest BCUT2D eigenvalue weighted by Crippen LogP contribution is -2.31. The van der Waals surface area contributed by atoms with Crippen LogP contribution in [0.1, 0.15) is 34.1 Å². The number of carbonyl (C=O) groups is 3. The second kappa shape index (κ2) is 5.08. The third kappa shape index (κ3) is 2.52. The summed E-state index contributed by atoms with van der Waals surface area (Å²) in [5.74, 6) is -0.381. The van der Waals surface area contributed by atoms with Gasteiger partial charge in [-0.2, -0.15) is 0 Å². The molecule has 0 aromatic rings. The van der Waals surface area contributed by atoms with Gasteiger partial charge in [0.25, 0.3) is 0 Å². The average molecular weight is 235 g/mol. The molecule has 1 aliphatic rings. The van der Waals surface area contributed by atoms with Gasteiger partial charge in [-0.15, -0.1) is 0 Å². The zero-order valence-electron chi connectivity index (χ0n) is 10.6. The molecule has 0 aliphatic heterocycles. The number of carbonyl (C=O) groups excluding carboxylic acids is 3. The lowest BCUT2D eigenvalue weighted by molar-refractivity contribution is -0.120. The van der Waals surface area contributed by atoms with Crippen LogP contribution in [0.2, 0.25) is 0 Å². The minimum Gasteiger partial charge on any atom is -0.352 e. The van der Waals surface area contributed by atoms with Gasteiger partial charge in [-0.05, 0) is 20.8 Å². The van der Waals surface area contributed by atoms with Gasteiger partial charge in [0.05, 0.1) is 0 Å². The molecule has 0 heterocycles. The van der Waals surface area contributed by atoms with Crippen molar-refractivity contribution in [2.45, 2.75) is 34.1 Å². The average Bonchev–Trinajstić information content (AvgIpc) is 2.33. The SMILES string of the molecule is CCC(=O)NCC1=C(C)C(=O)C(C)=C(C)C1=O. The third-order valence-electron chi connectivity index (χ3n) is 3.09. The molecule has 1 N–H and O–H groups in total. The molecule has 0 atom stereocenters. The molecule has 1 aliphatic carbocycles. The standard InChI is InChI=1S/C13H17NO3/c1-5-11(15)14-6-10-9(4)12(16)7(2)8(3)13(10)17/h5-6H2,1-4H3,(H,14,15). The van der Waals surface area contributed by atoms with E-state index in [4.69, 9.17) is 0 Å². The third-order valence-corrected chi connectivity index (χ3v) is 3.09. The van der Waals surface area contributed by atoms with Crippen molar-refractivity contribution in [3.63, 3.8) is 0 Å². The second-order valence-electron chi connectivity index (χ2n) is 4.14. The van der Waals surface area contributed by atoms with E-state index in [9.17, 15) is 14.4 Å². The van der Waals surface area contributed by atoms with Crippen molar-refractivity contribution in [2.75, 3.05) is 6.54 Å². The fourth-order valence-corrected chi connectivity index (χ4v) is 1.68. The summed E-state index contributed by atoms with van der Waals surface area (Å²) in [5.41, 5.74) is 1.81. The fourth-order valence-electron chi connectivity index (χ4n) is 1.68. The van der Waals surface area contributed by atoms with Crippen LogP contribution in [-0.4, -0.2) is 24.0 Å². The molecule has 1 rings (SSSR count). The number of allylic oxidation sites excluding steroid dienone is 3. The van der Waals surface area contributed by atoms with Crippen LogP contribution >= 0.6 is 0 Å². The predicted octanol–water partition coefficient (Wildman–Crippen LogP) is 1.32. The van der Waals surface area contributed by atoms with E-state index in [-0.39, 0.29) is 24.0 Å². The summed E-state index contributed by atoms with van der Waals surface area (Å²) in [4.78, 5) is 35.0. The number of nitrogens with one attached hydrogen (secondary N) is 1. The first-order valence-corrected chi connectivity index (χ1v) is 5.63. The Kier molecular flexibility index (Phi) is 3.99. The first kappa shape index (κ1) is 13.4. The number of rotatable bonds is 3. The van der Waals surface area contributed by atoms with Crippen molar-refractivity contribution in [3.8, 4) is 0 Å². The van der Waals surface area contributed by atoms with Crippen LogP contribution in [0.15, 0.2) is 22.3 Å². The topological polar surface area (TPSA) is 63.2 Å². The highest BCUT2D eigenvalue weighted by Gasteiger charge is 2.27. The first-order valence-electron chi connectivity index (χ1n) is 5.63. The molecular formula is C13H17NO3.